The number of nitrogens with one attached hydrogen (secondary N) is 1. The molecule has 4 heteroatoms. The molecule has 1 atom stereocenters. The number of amides is 1. The molecule has 1 aromatic carbocycles. The van der Waals surface area contributed by atoms with Crippen molar-refractivity contribution in [3.05, 3.63) is 29.8 Å². The molecule has 1 amide bonds. The van der Waals surface area contributed by atoms with Crippen molar-refractivity contribution in [3.8, 4) is 5.75 Å². The Kier molecular flexibility index (Phi) is 13.5. The Hall–Kier alpha value is -1.55. The summed E-state index contributed by atoms with van der Waals surface area (Å²) in [5.41, 5.74) is 6.92. The van der Waals surface area contributed by atoms with Crippen LogP contribution in [0.25, 0.3) is 0 Å². The van der Waals surface area contributed by atoms with Crippen molar-refractivity contribution in [1.29, 1.82) is 0 Å². The first-order valence-electron chi connectivity index (χ1n) is 10.9. The van der Waals surface area contributed by atoms with Gasteiger partial charge in [0.05, 0.1) is 6.04 Å². The fourth-order valence-corrected chi connectivity index (χ4v) is 3.29. The molecule has 0 aliphatic rings. The predicted octanol–water partition coefficient (Wildman–Crippen LogP) is 5.08. The van der Waals surface area contributed by atoms with E-state index in [0.29, 0.717) is 13.0 Å². The van der Waals surface area contributed by atoms with Crippen LogP contribution in [0.2, 0.25) is 0 Å². The van der Waals surface area contributed by atoms with E-state index in [1.54, 1.807) is 24.3 Å². The van der Waals surface area contributed by atoms with Crippen LogP contribution in [0.15, 0.2) is 24.3 Å². The first-order valence-corrected chi connectivity index (χ1v) is 10.9. The molecule has 0 bridgehead atoms. The monoisotopic (exact) mass is 376 g/mol. The Balaban J connectivity index is 1.92. The van der Waals surface area contributed by atoms with E-state index in [1.165, 1.54) is 70.6 Å². The molecule has 154 valence electrons. The molecule has 4 N–H and O–H groups in total. The minimum absolute atomic E-state index is 0.0915. The molecule has 0 spiro atoms. The fraction of sp³-hybridized carbons (Fsp3) is 0.696. The predicted molar refractivity (Wildman–Crippen MR) is 114 cm³/mol. The largest absolute Gasteiger partial charge is 0.508 e. The normalized spacial score (nSPS) is 12.1. The zero-order valence-corrected chi connectivity index (χ0v) is 17.2. The maximum atomic E-state index is 12.0. The van der Waals surface area contributed by atoms with E-state index >= 15 is 0 Å². The number of hydrogen-bond acceptors (Lipinski definition) is 3. The third kappa shape index (κ3) is 12.5. The van der Waals surface area contributed by atoms with E-state index in [1.807, 2.05) is 0 Å². The third-order valence-electron chi connectivity index (χ3n) is 5.06. The van der Waals surface area contributed by atoms with Crippen LogP contribution in [0, 0.1) is 0 Å². The first-order chi connectivity index (χ1) is 13.1. The van der Waals surface area contributed by atoms with E-state index in [2.05, 4.69) is 12.2 Å². The summed E-state index contributed by atoms with van der Waals surface area (Å²) in [5, 5.41) is 12.2. The van der Waals surface area contributed by atoms with Gasteiger partial charge < -0.3 is 16.2 Å². The van der Waals surface area contributed by atoms with E-state index in [-0.39, 0.29) is 11.7 Å². The lowest BCUT2D eigenvalue weighted by Gasteiger charge is -2.12. The van der Waals surface area contributed by atoms with Crippen LogP contribution in [0.3, 0.4) is 0 Å². The van der Waals surface area contributed by atoms with Crippen molar-refractivity contribution in [2.24, 2.45) is 5.73 Å². The highest BCUT2D eigenvalue weighted by Crippen LogP contribution is 2.12. The topological polar surface area (TPSA) is 75.4 Å². The summed E-state index contributed by atoms with van der Waals surface area (Å²) in [5.74, 6) is 0.134. The summed E-state index contributed by atoms with van der Waals surface area (Å²) in [4.78, 5) is 12.0. The highest BCUT2D eigenvalue weighted by atomic mass is 16.3. The molecule has 1 rings (SSSR count). The van der Waals surface area contributed by atoms with Crippen LogP contribution < -0.4 is 11.1 Å². The molecule has 0 radical (unpaired) electrons. The molecule has 0 aliphatic carbocycles. The van der Waals surface area contributed by atoms with Crippen LogP contribution in [-0.4, -0.2) is 23.6 Å². The standard InChI is InChI=1S/C23H40N2O2/c1-2-3-4-5-6-7-8-9-10-11-12-13-18-25-23(27)22(24)19-20-14-16-21(26)17-15-20/h14-17,22,26H,2-13,18-19,24H2,1H3,(H,25,27)/t22-/m0/s1. The maximum Gasteiger partial charge on any atom is 0.237 e. The van der Waals surface area contributed by atoms with Gasteiger partial charge in [-0.15, -0.1) is 0 Å². The Morgan fingerprint density at radius 3 is 1.89 bits per heavy atom. The summed E-state index contributed by atoms with van der Waals surface area (Å²) < 4.78 is 0. The van der Waals surface area contributed by atoms with E-state index in [9.17, 15) is 9.90 Å². The molecular weight excluding hydrogens is 336 g/mol. The lowest BCUT2D eigenvalue weighted by atomic mass is 10.0. The molecule has 0 aliphatic heterocycles. The number of unbranched alkanes of at least 4 members (excludes halogenated alkanes) is 11. The van der Waals surface area contributed by atoms with Crippen molar-refractivity contribution >= 4 is 5.91 Å². The average Bonchev–Trinajstić information content (AvgIpc) is 2.67. The zero-order valence-electron chi connectivity index (χ0n) is 17.2. The molecule has 4 nitrogen and oxygen atoms in total. The minimum Gasteiger partial charge on any atom is -0.508 e. The Bertz CT molecular complexity index is 488. The summed E-state index contributed by atoms with van der Waals surface area (Å²) in [6.45, 7) is 2.97. The van der Waals surface area contributed by atoms with Gasteiger partial charge >= 0.3 is 0 Å². The molecule has 0 unspecified atom stereocenters. The molecular formula is C23H40N2O2. The lowest BCUT2D eigenvalue weighted by molar-refractivity contribution is -0.122. The van der Waals surface area contributed by atoms with E-state index < -0.39 is 6.04 Å². The average molecular weight is 377 g/mol. The van der Waals surface area contributed by atoms with Gasteiger partial charge in [0.1, 0.15) is 5.75 Å². The molecule has 0 heterocycles. The fourth-order valence-electron chi connectivity index (χ4n) is 3.29. The van der Waals surface area contributed by atoms with Crippen LogP contribution in [0.4, 0.5) is 0 Å². The first kappa shape index (κ1) is 23.5. The number of phenolic OH excluding ortho intramolecular Hbond substituents is 1. The SMILES string of the molecule is CCCCCCCCCCCCCCNC(=O)[C@@H](N)Cc1ccc(O)cc1. The van der Waals surface area contributed by atoms with Crippen LogP contribution in [0.1, 0.15) is 89.5 Å². The Morgan fingerprint density at radius 1 is 0.889 bits per heavy atom. The van der Waals surface area contributed by atoms with Gasteiger partial charge in [-0.05, 0) is 30.5 Å². The summed E-state index contributed by atoms with van der Waals surface area (Å²) in [6.07, 6.45) is 16.3. The van der Waals surface area contributed by atoms with Gasteiger partial charge in [0.2, 0.25) is 5.91 Å². The summed E-state index contributed by atoms with van der Waals surface area (Å²) in [7, 11) is 0. The Labute approximate surface area is 165 Å². The molecule has 1 aromatic rings. The molecule has 0 saturated carbocycles. The third-order valence-corrected chi connectivity index (χ3v) is 5.06. The number of rotatable bonds is 16. The summed E-state index contributed by atoms with van der Waals surface area (Å²) in [6, 6.07) is 6.30. The second-order valence-electron chi connectivity index (χ2n) is 7.66. The number of hydrogen-bond donors (Lipinski definition) is 3. The molecule has 0 saturated heterocycles. The van der Waals surface area contributed by atoms with Gasteiger partial charge in [-0.25, -0.2) is 0 Å². The number of nitrogens with two attached hydrogens (primary N) is 1. The highest BCUT2D eigenvalue weighted by molar-refractivity contribution is 5.81. The lowest BCUT2D eigenvalue weighted by Crippen LogP contribution is -2.42. The molecule has 27 heavy (non-hydrogen) atoms. The maximum absolute atomic E-state index is 12.0. The number of benzene rings is 1. The van der Waals surface area contributed by atoms with E-state index in [0.717, 1.165) is 12.0 Å². The van der Waals surface area contributed by atoms with Crippen molar-refractivity contribution in [2.75, 3.05) is 6.54 Å². The quantitative estimate of drug-likeness (QED) is 0.352. The van der Waals surface area contributed by atoms with Gasteiger partial charge in [0, 0.05) is 6.54 Å². The smallest absolute Gasteiger partial charge is 0.237 e. The number of aromatic hydroxyl groups is 1. The van der Waals surface area contributed by atoms with Crippen LogP contribution in [-0.2, 0) is 11.2 Å². The van der Waals surface area contributed by atoms with Crippen molar-refractivity contribution < 1.29 is 9.90 Å². The van der Waals surface area contributed by atoms with Gasteiger partial charge in [0.25, 0.3) is 0 Å². The van der Waals surface area contributed by atoms with E-state index in [4.69, 9.17) is 5.73 Å². The molecule has 0 fully saturated rings. The van der Waals surface area contributed by atoms with Gasteiger partial charge in [-0.1, -0.05) is 89.7 Å². The summed E-state index contributed by atoms with van der Waals surface area (Å²) >= 11 is 0. The van der Waals surface area contributed by atoms with Crippen molar-refractivity contribution in [3.63, 3.8) is 0 Å². The second kappa shape index (κ2) is 15.5. The van der Waals surface area contributed by atoms with Crippen LogP contribution >= 0.6 is 0 Å². The van der Waals surface area contributed by atoms with Crippen molar-refractivity contribution in [1.82, 2.24) is 5.32 Å². The van der Waals surface area contributed by atoms with Gasteiger partial charge in [-0.3, -0.25) is 4.79 Å². The van der Waals surface area contributed by atoms with Gasteiger partial charge in [0.15, 0.2) is 0 Å². The van der Waals surface area contributed by atoms with Crippen molar-refractivity contribution in [2.45, 2.75) is 96.4 Å². The van der Waals surface area contributed by atoms with Gasteiger partial charge in [-0.2, -0.15) is 0 Å². The second-order valence-corrected chi connectivity index (χ2v) is 7.66. The number of carbonyl (C=O) groups excluding carboxylic acids is 1. The minimum atomic E-state index is -0.535. The number of phenols is 1. The zero-order chi connectivity index (χ0) is 19.7. The Morgan fingerprint density at radius 2 is 1.37 bits per heavy atom. The highest BCUT2D eigenvalue weighted by Gasteiger charge is 2.13. The molecule has 0 aromatic heterocycles. The number of carbonyl (C=O) groups is 1. The van der Waals surface area contributed by atoms with Crippen LogP contribution in [0.5, 0.6) is 5.75 Å².